The molecule has 1 aromatic rings. The van der Waals surface area contributed by atoms with E-state index in [4.69, 9.17) is 11.6 Å². The maximum Gasteiger partial charge on any atom is 0.421 e. The molecule has 1 aliphatic carbocycles. The van der Waals surface area contributed by atoms with E-state index in [1.165, 1.54) is 18.2 Å². The lowest BCUT2D eigenvalue weighted by atomic mass is 9.95. The zero-order chi connectivity index (χ0) is 11.3. The van der Waals surface area contributed by atoms with Crippen molar-refractivity contribution in [3.05, 3.63) is 34.3 Å². The molecule has 1 aliphatic rings. The molecule has 0 spiro atoms. The summed E-state index contributed by atoms with van der Waals surface area (Å²) in [4.78, 5) is 0. The minimum absolute atomic E-state index is 0.109. The minimum Gasteiger partial charge on any atom is -0.376 e. The van der Waals surface area contributed by atoms with Crippen LogP contribution in [-0.4, -0.2) is 11.3 Å². The number of benzene rings is 1. The van der Waals surface area contributed by atoms with Crippen LogP contribution in [0.1, 0.15) is 17.5 Å². The molecule has 82 valence electrons. The fourth-order valence-electron chi connectivity index (χ4n) is 1.94. The largest absolute Gasteiger partial charge is 0.421 e. The average molecular weight is 237 g/mol. The van der Waals surface area contributed by atoms with Gasteiger partial charge in [0.2, 0.25) is 0 Å². The van der Waals surface area contributed by atoms with Gasteiger partial charge < -0.3 is 5.11 Å². The van der Waals surface area contributed by atoms with Crippen LogP contribution < -0.4 is 0 Å². The molecule has 2 rings (SSSR count). The van der Waals surface area contributed by atoms with Crippen molar-refractivity contribution in [3.8, 4) is 0 Å². The van der Waals surface area contributed by atoms with Crippen molar-refractivity contribution in [1.29, 1.82) is 0 Å². The van der Waals surface area contributed by atoms with Gasteiger partial charge in [-0.15, -0.1) is 0 Å². The summed E-state index contributed by atoms with van der Waals surface area (Å²) >= 11 is 5.77. The maximum absolute atomic E-state index is 12.7. The van der Waals surface area contributed by atoms with E-state index in [0.29, 0.717) is 5.56 Å². The van der Waals surface area contributed by atoms with Crippen LogP contribution in [0.5, 0.6) is 0 Å². The van der Waals surface area contributed by atoms with Gasteiger partial charge in [0.15, 0.2) is 5.60 Å². The van der Waals surface area contributed by atoms with E-state index < -0.39 is 11.8 Å². The molecule has 0 aromatic heterocycles. The van der Waals surface area contributed by atoms with Gasteiger partial charge in [-0.25, -0.2) is 0 Å². The Balaban J connectivity index is 2.58. The first kappa shape index (κ1) is 10.8. The molecular formula is C10H8ClF3O. The van der Waals surface area contributed by atoms with Gasteiger partial charge >= 0.3 is 6.18 Å². The van der Waals surface area contributed by atoms with Gasteiger partial charge in [0.05, 0.1) is 0 Å². The summed E-state index contributed by atoms with van der Waals surface area (Å²) in [6.45, 7) is 0. The molecular weight excluding hydrogens is 229 g/mol. The predicted molar refractivity (Wildman–Crippen MR) is 49.7 cm³/mol. The fourth-order valence-corrected chi connectivity index (χ4v) is 2.20. The van der Waals surface area contributed by atoms with E-state index >= 15 is 0 Å². The van der Waals surface area contributed by atoms with Crippen molar-refractivity contribution in [2.75, 3.05) is 0 Å². The lowest BCUT2D eigenvalue weighted by molar-refractivity contribution is -0.265. The van der Waals surface area contributed by atoms with Crippen molar-refractivity contribution in [2.45, 2.75) is 24.6 Å². The third-order valence-electron chi connectivity index (χ3n) is 2.77. The number of aliphatic hydroxyl groups is 1. The molecule has 1 atom stereocenters. The van der Waals surface area contributed by atoms with Crippen molar-refractivity contribution in [2.24, 2.45) is 0 Å². The lowest BCUT2D eigenvalue weighted by Gasteiger charge is -2.26. The number of fused-ring (bicyclic) bond motifs is 1. The molecule has 0 fully saturated rings. The summed E-state index contributed by atoms with van der Waals surface area (Å²) in [7, 11) is 0. The highest BCUT2D eigenvalue weighted by molar-refractivity contribution is 6.31. The molecule has 0 aliphatic heterocycles. The van der Waals surface area contributed by atoms with Crippen LogP contribution >= 0.6 is 11.6 Å². The van der Waals surface area contributed by atoms with Crippen LogP contribution in [-0.2, 0) is 12.0 Å². The molecule has 0 amide bonds. The van der Waals surface area contributed by atoms with Gasteiger partial charge in [-0.05, 0) is 30.0 Å². The fraction of sp³-hybridized carbons (Fsp3) is 0.400. The van der Waals surface area contributed by atoms with Gasteiger partial charge in [-0.1, -0.05) is 23.7 Å². The van der Waals surface area contributed by atoms with Crippen LogP contribution in [0, 0.1) is 0 Å². The third kappa shape index (κ3) is 1.43. The second-order valence-corrected chi connectivity index (χ2v) is 4.03. The molecule has 0 heterocycles. The topological polar surface area (TPSA) is 20.2 Å². The first-order valence-corrected chi connectivity index (χ1v) is 4.81. The van der Waals surface area contributed by atoms with E-state index in [1.54, 1.807) is 0 Å². The molecule has 0 bridgehead atoms. The number of hydrogen-bond acceptors (Lipinski definition) is 1. The zero-order valence-electron chi connectivity index (χ0n) is 7.61. The lowest BCUT2D eigenvalue weighted by Crippen LogP contribution is -2.40. The van der Waals surface area contributed by atoms with Gasteiger partial charge in [0.25, 0.3) is 0 Å². The normalized spacial score (nSPS) is 25.4. The molecule has 1 aromatic carbocycles. The van der Waals surface area contributed by atoms with Gasteiger partial charge in [0, 0.05) is 5.02 Å². The molecule has 1 nitrogen and oxygen atoms in total. The SMILES string of the molecule is OC1(C(F)(F)F)CCc2c(Cl)cccc21. The minimum atomic E-state index is -4.65. The maximum atomic E-state index is 12.7. The molecule has 0 saturated heterocycles. The highest BCUT2D eigenvalue weighted by Gasteiger charge is 2.57. The predicted octanol–water partition coefficient (Wildman–Crippen LogP) is 3.04. The van der Waals surface area contributed by atoms with Crippen LogP contribution in [0.3, 0.4) is 0 Å². The number of hydrogen-bond donors (Lipinski definition) is 1. The Morgan fingerprint density at radius 2 is 2.00 bits per heavy atom. The quantitative estimate of drug-likeness (QED) is 0.734. The summed E-state index contributed by atoms with van der Waals surface area (Å²) in [6.07, 6.45) is -4.84. The third-order valence-corrected chi connectivity index (χ3v) is 3.12. The Morgan fingerprint density at radius 3 is 2.60 bits per heavy atom. The molecule has 1 unspecified atom stereocenters. The smallest absolute Gasteiger partial charge is 0.376 e. The number of rotatable bonds is 0. The van der Waals surface area contributed by atoms with Gasteiger partial charge in [0.1, 0.15) is 0 Å². The summed E-state index contributed by atoms with van der Waals surface area (Å²) in [6, 6.07) is 4.23. The summed E-state index contributed by atoms with van der Waals surface area (Å²) in [5.74, 6) is 0. The second kappa shape index (κ2) is 3.12. The summed E-state index contributed by atoms with van der Waals surface area (Å²) < 4.78 is 38.0. The molecule has 5 heteroatoms. The monoisotopic (exact) mass is 236 g/mol. The Morgan fingerprint density at radius 1 is 1.33 bits per heavy atom. The first-order chi connectivity index (χ1) is 6.86. The number of halogens is 4. The zero-order valence-corrected chi connectivity index (χ0v) is 8.36. The highest BCUT2D eigenvalue weighted by atomic mass is 35.5. The first-order valence-electron chi connectivity index (χ1n) is 4.43. The van der Waals surface area contributed by atoms with Crippen LogP contribution in [0.25, 0.3) is 0 Å². The van der Waals surface area contributed by atoms with E-state index in [1.807, 2.05) is 0 Å². The van der Waals surface area contributed by atoms with E-state index in [9.17, 15) is 18.3 Å². The Labute approximate surface area is 89.5 Å². The molecule has 15 heavy (non-hydrogen) atoms. The Hall–Kier alpha value is -0.740. The van der Waals surface area contributed by atoms with Crippen molar-refractivity contribution < 1.29 is 18.3 Å². The van der Waals surface area contributed by atoms with Crippen molar-refractivity contribution in [3.63, 3.8) is 0 Å². The Kier molecular flexibility index (Phi) is 2.24. The van der Waals surface area contributed by atoms with E-state index in [-0.39, 0.29) is 23.4 Å². The van der Waals surface area contributed by atoms with Crippen LogP contribution in [0.15, 0.2) is 18.2 Å². The second-order valence-electron chi connectivity index (χ2n) is 3.62. The van der Waals surface area contributed by atoms with E-state index in [0.717, 1.165) is 0 Å². The van der Waals surface area contributed by atoms with Crippen LogP contribution in [0.2, 0.25) is 5.02 Å². The van der Waals surface area contributed by atoms with Crippen molar-refractivity contribution in [1.82, 2.24) is 0 Å². The van der Waals surface area contributed by atoms with Crippen LogP contribution in [0.4, 0.5) is 13.2 Å². The summed E-state index contributed by atoms with van der Waals surface area (Å²) in [5.41, 5.74) is -2.44. The van der Waals surface area contributed by atoms with E-state index in [2.05, 4.69) is 0 Å². The molecule has 0 radical (unpaired) electrons. The molecule has 0 saturated carbocycles. The number of alkyl halides is 3. The summed E-state index contributed by atoms with van der Waals surface area (Å²) in [5, 5.41) is 9.91. The standard InChI is InChI=1S/C10H8ClF3O/c11-8-3-1-2-7-6(8)4-5-9(7,15)10(12,13)14/h1-3,15H,4-5H2. The van der Waals surface area contributed by atoms with Gasteiger partial charge in [-0.2, -0.15) is 13.2 Å². The Bertz CT molecular complexity index is 402. The van der Waals surface area contributed by atoms with Crippen molar-refractivity contribution >= 4 is 11.6 Å². The average Bonchev–Trinajstić information content (AvgIpc) is 2.46. The van der Waals surface area contributed by atoms with Gasteiger partial charge in [-0.3, -0.25) is 0 Å². The molecule has 1 N–H and O–H groups in total. The highest BCUT2D eigenvalue weighted by Crippen LogP contribution is 2.49.